The molecule has 3 aromatic rings. The summed E-state index contributed by atoms with van der Waals surface area (Å²) in [6, 6.07) is 20.1. The lowest BCUT2D eigenvalue weighted by Gasteiger charge is -2.47. The van der Waals surface area contributed by atoms with E-state index in [9.17, 15) is 4.79 Å². The molecule has 5 nitrogen and oxygen atoms in total. The molecular weight excluding hydrogens is 449 g/mol. The van der Waals surface area contributed by atoms with Gasteiger partial charge in [-0.3, -0.25) is 4.79 Å². The molecule has 1 heterocycles. The first-order valence-corrected chi connectivity index (χ1v) is 11.0. The van der Waals surface area contributed by atoms with E-state index in [-0.39, 0.29) is 11.9 Å². The van der Waals surface area contributed by atoms with Gasteiger partial charge in [-0.25, -0.2) is 0 Å². The topological polar surface area (TPSA) is 48.0 Å². The highest BCUT2D eigenvalue weighted by atomic mass is 35.5. The van der Waals surface area contributed by atoms with Crippen LogP contribution in [0.3, 0.4) is 0 Å². The smallest absolute Gasteiger partial charge is 0.266 e. The van der Waals surface area contributed by atoms with E-state index in [0.29, 0.717) is 40.3 Å². The number of amides is 1. The van der Waals surface area contributed by atoms with Crippen LogP contribution in [-0.2, 0) is 11.2 Å². The summed E-state index contributed by atoms with van der Waals surface area (Å²) < 4.78 is 16.7. The minimum Gasteiger partial charge on any atom is -0.493 e. The van der Waals surface area contributed by atoms with E-state index in [2.05, 4.69) is 0 Å². The van der Waals surface area contributed by atoms with Crippen LogP contribution in [0.5, 0.6) is 17.2 Å². The molecule has 1 aliphatic heterocycles. The molecule has 0 aromatic heterocycles. The van der Waals surface area contributed by atoms with Crippen molar-refractivity contribution >= 4 is 29.1 Å². The van der Waals surface area contributed by atoms with Gasteiger partial charge in [0, 0.05) is 6.54 Å². The summed E-state index contributed by atoms with van der Waals surface area (Å²) in [5.41, 5.74) is 1.80. The summed E-state index contributed by atoms with van der Waals surface area (Å²) in [7, 11) is 3.20. The average molecular weight is 472 g/mol. The molecule has 0 saturated carbocycles. The van der Waals surface area contributed by atoms with Crippen LogP contribution < -0.4 is 14.2 Å². The molecule has 1 saturated heterocycles. The Hall–Kier alpha value is -2.89. The number of benzene rings is 3. The quantitative estimate of drug-likeness (QED) is 0.402. The summed E-state index contributed by atoms with van der Waals surface area (Å²) in [5.74, 6) is 1.86. The van der Waals surface area contributed by atoms with E-state index >= 15 is 0 Å². The molecule has 1 amide bonds. The van der Waals surface area contributed by atoms with Gasteiger partial charge in [0.2, 0.25) is 6.10 Å². The number of halogens is 2. The van der Waals surface area contributed by atoms with Crippen LogP contribution in [0.2, 0.25) is 10.0 Å². The highest BCUT2D eigenvalue weighted by Gasteiger charge is 2.50. The number of hydrogen-bond acceptors (Lipinski definition) is 4. The number of likely N-dealkylation sites (tertiary alicyclic amines) is 1. The van der Waals surface area contributed by atoms with Crippen molar-refractivity contribution in [3.8, 4) is 17.2 Å². The molecule has 0 unspecified atom stereocenters. The molecule has 3 aromatic carbocycles. The lowest BCUT2D eigenvalue weighted by atomic mass is 9.89. The first-order valence-electron chi connectivity index (χ1n) is 10.2. The molecule has 2 atom stereocenters. The Balaban J connectivity index is 1.57. The van der Waals surface area contributed by atoms with E-state index in [1.807, 2.05) is 60.7 Å². The molecule has 166 valence electrons. The normalized spacial score (nSPS) is 17.6. The van der Waals surface area contributed by atoms with Gasteiger partial charge in [-0.2, -0.15) is 0 Å². The molecule has 0 spiro atoms. The van der Waals surface area contributed by atoms with Crippen molar-refractivity contribution in [3.05, 3.63) is 87.9 Å². The fourth-order valence-corrected chi connectivity index (χ4v) is 4.31. The van der Waals surface area contributed by atoms with E-state index in [1.54, 1.807) is 25.2 Å². The highest BCUT2D eigenvalue weighted by Crippen LogP contribution is 2.42. The van der Waals surface area contributed by atoms with Crippen LogP contribution in [0.1, 0.15) is 17.2 Å². The fraction of sp³-hybridized carbons (Fsp3) is 0.240. The molecule has 4 rings (SSSR count). The lowest BCUT2D eigenvalue weighted by Crippen LogP contribution is -2.61. The Morgan fingerprint density at radius 1 is 0.906 bits per heavy atom. The number of hydrogen-bond donors (Lipinski definition) is 0. The number of carbonyl (C=O) groups is 1. The van der Waals surface area contributed by atoms with Gasteiger partial charge in [0.1, 0.15) is 11.8 Å². The second-order valence-corrected chi connectivity index (χ2v) is 8.20. The van der Waals surface area contributed by atoms with Crippen molar-refractivity contribution in [2.45, 2.75) is 18.6 Å². The molecule has 0 bridgehead atoms. The third-order valence-corrected chi connectivity index (χ3v) is 6.38. The van der Waals surface area contributed by atoms with E-state index < -0.39 is 6.10 Å². The minimum absolute atomic E-state index is 0.0876. The maximum atomic E-state index is 13.1. The zero-order valence-corrected chi connectivity index (χ0v) is 19.3. The monoisotopic (exact) mass is 471 g/mol. The summed E-state index contributed by atoms with van der Waals surface area (Å²) in [6.45, 7) is 0.497. The molecule has 7 heteroatoms. The van der Waals surface area contributed by atoms with Crippen molar-refractivity contribution in [3.63, 3.8) is 0 Å². The van der Waals surface area contributed by atoms with E-state index in [0.717, 1.165) is 11.1 Å². The van der Waals surface area contributed by atoms with E-state index in [1.165, 1.54) is 0 Å². The van der Waals surface area contributed by atoms with Crippen LogP contribution >= 0.6 is 23.2 Å². The summed E-state index contributed by atoms with van der Waals surface area (Å²) in [4.78, 5) is 14.9. The Bertz CT molecular complexity index is 1110. The van der Waals surface area contributed by atoms with Crippen LogP contribution in [-0.4, -0.2) is 37.7 Å². The standard InChI is InChI=1S/C25H23Cl2NO4/c1-30-20-12-11-16(15-21(20)31-2)13-14-28-23(18-9-6-10-19(26)22(18)27)24(25(28)29)32-17-7-4-3-5-8-17/h3-12,15,23-24H,13-14H2,1-2H3/t23-,24-/m0/s1. The number of β-lactam (4-membered cyclic amide) rings is 1. The fourth-order valence-electron chi connectivity index (χ4n) is 3.89. The van der Waals surface area contributed by atoms with Gasteiger partial charge in [-0.05, 0) is 47.9 Å². The third-order valence-electron chi connectivity index (χ3n) is 5.54. The number of methoxy groups -OCH3 is 2. The molecule has 1 fully saturated rings. The molecule has 0 N–H and O–H groups in total. The first kappa shape index (κ1) is 22.3. The molecular formula is C25H23Cl2NO4. The Kier molecular flexibility index (Phi) is 6.77. The molecule has 0 aliphatic carbocycles. The van der Waals surface area contributed by atoms with Gasteiger partial charge in [0.15, 0.2) is 11.5 Å². The number of nitrogens with zero attached hydrogens (tertiary/aromatic N) is 1. The summed E-state index contributed by atoms with van der Waals surface area (Å²) in [5, 5.41) is 0.881. The Labute approximate surface area is 197 Å². The van der Waals surface area contributed by atoms with Crippen LogP contribution in [0.15, 0.2) is 66.7 Å². The minimum atomic E-state index is -0.668. The second-order valence-electron chi connectivity index (χ2n) is 7.41. The SMILES string of the molecule is COc1ccc(CCN2C(=O)[C@@H](Oc3ccccc3)[C@@H]2c2cccc(Cl)c2Cl)cc1OC. The highest BCUT2D eigenvalue weighted by molar-refractivity contribution is 6.42. The first-order chi connectivity index (χ1) is 15.5. The van der Waals surface area contributed by atoms with E-state index in [4.69, 9.17) is 37.4 Å². The largest absolute Gasteiger partial charge is 0.493 e. The predicted octanol–water partition coefficient (Wildman–Crippen LogP) is 5.58. The van der Waals surface area contributed by atoms with Gasteiger partial charge >= 0.3 is 0 Å². The Morgan fingerprint density at radius 3 is 2.38 bits per heavy atom. The molecule has 1 aliphatic rings. The number of para-hydroxylation sites is 1. The average Bonchev–Trinajstić information content (AvgIpc) is 2.83. The van der Waals surface area contributed by atoms with Gasteiger partial charge in [-0.1, -0.05) is 59.6 Å². The zero-order valence-electron chi connectivity index (χ0n) is 17.8. The van der Waals surface area contributed by atoms with Crippen molar-refractivity contribution in [1.29, 1.82) is 0 Å². The maximum absolute atomic E-state index is 13.1. The Morgan fingerprint density at radius 2 is 1.66 bits per heavy atom. The number of ether oxygens (including phenoxy) is 3. The van der Waals surface area contributed by atoms with Gasteiger partial charge in [0.25, 0.3) is 5.91 Å². The van der Waals surface area contributed by atoms with Gasteiger partial charge < -0.3 is 19.1 Å². The summed E-state index contributed by atoms with van der Waals surface area (Å²) in [6.07, 6.45) is -0.0301. The second kappa shape index (κ2) is 9.72. The van der Waals surface area contributed by atoms with Crippen LogP contribution in [0.25, 0.3) is 0 Å². The summed E-state index contributed by atoms with van der Waals surface area (Å²) >= 11 is 12.8. The molecule has 0 radical (unpaired) electrons. The molecule has 32 heavy (non-hydrogen) atoms. The third kappa shape index (κ3) is 4.36. The van der Waals surface area contributed by atoms with Crippen molar-refractivity contribution in [2.24, 2.45) is 0 Å². The van der Waals surface area contributed by atoms with Gasteiger partial charge in [0.05, 0.1) is 24.3 Å². The van der Waals surface area contributed by atoms with Crippen molar-refractivity contribution in [1.82, 2.24) is 4.90 Å². The van der Waals surface area contributed by atoms with Crippen LogP contribution in [0.4, 0.5) is 0 Å². The maximum Gasteiger partial charge on any atom is 0.266 e. The zero-order chi connectivity index (χ0) is 22.7. The predicted molar refractivity (Wildman–Crippen MR) is 125 cm³/mol. The van der Waals surface area contributed by atoms with Crippen molar-refractivity contribution < 1.29 is 19.0 Å². The van der Waals surface area contributed by atoms with Crippen LogP contribution in [0, 0.1) is 0 Å². The number of rotatable bonds is 8. The number of carbonyl (C=O) groups excluding carboxylic acids is 1. The van der Waals surface area contributed by atoms with Crippen molar-refractivity contribution in [2.75, 3.05) is 20.8 Å². The lowest BCUT2D eigenvalue weighted by molar-refractivity contribution is -0.164. The van der Waals surface area contributed by atoms with Gasteiger partial charge in [-0.15, -0.1) is 0 Å².